The lowest BCUT2D eigenvalue weighted by molar-refractivity contribution is -0.923. The molecule has 0 aliphatic carbocycles. The lowest BCUT2D eigenvalue weighted by Gasteiger charge is -2.45. The largest absolute Gasteiger partial charge is 0.437 e. The van der Waals surface area contributed by atoms with Crippen LogP contribution in [0.2, 0.25) is 0 Å². The Labute approximate surface area is 83.4 Å². The number of ether oxygens (including phenoxy) is 1. The van der Waals surface area contributed by atoms with Gasteiger partial charge in [-0.05, 0) is 0 Å². The van der Waals surface area contributed by atoms with Gasteiger partial charge in [0.1, 0.15) is 12.6 Å². The summed E-state index contributed by atoms with van der Waals surface area (Å²) in [5.41, 5.74) is -0.822. The van der Waals surface area contributed by atoms with Gasteiger partial charge in [-0.3, -0.25) is 4.79 Å². The van der Waals surface area contributed by atoms with E-state index in [1.165, 1.54) is 11.8 Å². The van der Waals surface area contributed by atoms with E-state index >= 15 is 0 Å². The molecule has 0 spiro atoms. The molecule has 3 aliphatic rings. The molecule has 1 atom stereocenters. The van der Waals surface area contributed by atoms with E-state index in [1.54, 1.807) is 0 Å². The van der Waals surface area contributed by atoms with Crippen molar-refractivity contribution in [1.82, 2.24) is 0 Å². The van der Waals surface area contributed by atoms with E-state index in [0.717, 1.165) is 25.9 Å². The molecule has 2 bridgehead atoms. The molecule has 4 heteroatoms. The molecule has 3 fully saturated rings. The third-order valence-corrected chi connectivity index (χ3v) is 3.38. The second-order valence-corrected chi connectivity index (χ2v) is 4.30. The van der Waals surface area contributed by atoms with Gasteiger partial charge in [-0.15, -0.1) is 0 Å². The molecule has 0 aromatic carbocycles. The summed E-state index contributed by atoms with van der Waals surface area (Å²) in [6, 6.07) is 2.22. The van der Waals surface area contributed by atoms with Gasteiger partial charge < -0.3 is 9.64 Å². The third kappa shape index (κ3) is 1.38. The van der Waals surface area contributed by atoms with Crippen LogP contribution in [0.3, 0.4) is 0 Å². The fraction of sp³-hybridized carbons (Fsp3) is 0.800. The van der Waals surface area contributed by atoms with Gasteiger partial charge in [0.25, 0.3) is 0 Å². The monoisotopic (exact) mass is 195 g/mol. The topological polar surface area (TPSA) is 54.5 Å². The maximum Gasteiger partial charge on any atom is 0.304 e. The average molecular weight is 195 g/mol. The number of hydrogen-bond donors (Lipinski definition) is 1. The lowest BCUT2D eigenvalue weighted by Crippen LogP contribution is -3.17. The molecule has 3 saturated heterocycles. The number of fused-ring (bicyclic) bond motifs is 3. The van der Waals surface area contributed by atoms with Crippen LogP contribution in [0.4, 0.5) is 0 Å². The van der Waals surface area contributed by atoms with E-state index < -0.39 is 5.60 Å². The van der Waals surface area contributed by atoms with Crippen LogP contribution in [0.5, 0.6) is 0 Å². The van der Waals surface area contributed by atoms with Crippen molar-refractivity contribution in [3.05, 3.63) is 0 Å². The Morgan fingerprint density at radius 2 is 2.21 bits per heavy atom. The summed E-state index contributed by atoms with van der Waals surface area (Å²) in [7, 11) is 0. The van der Waals surface area contributed by atoms with E-state index in [-0.39, 0.29) is 11.9 Å². The van der Waals surface area contributed by atoms with E-state index in [1.807, 2.05) is 0 Å². The van der Waals surface area contributed by atoms with E-state index in [4.69, 9.17) is 4.74 Å². The Kier molecular flexibility index (Phi) is 2.20. The fourth-order valence-electron chi connectivity index (χ4n) is 2.71. The SMILES string of the molecule is CC(=O)OC1(C#N)C[NH+]2CCC1CC2. The summed E-state index contributed by atoms with van der Waals surface area (Å²) in [6.45, 7) is 4.30. The quantitative estimate of drug-likeness (QED) is 0.553. The number of nitrogens with zero attached hydrogens (tertiary/aromatic N) is 1. The van der Waals surface area contributed by atoms with Gasteiger partial charge in [-0.1, -0.05) is 0 Å². The zero-order valence-electron chi connectivity index (χ0n) is 8.38. The molecule has 0 aromatic heterocycles. The van der Waals surface area contributed by atoms with Gasteiger partial charge in [0.15, 0.2) is 0 Å². The highest BCUT2D eigenvalue weighted by molar-refractivity contribution is 5.67. The van der Waals surface area contributed by atoms with Crippen molar-refractivity contribution in [3.63, 3.8) is 0 Å². The predicted octanol–water partition coefficient (Wildman–Crippen LogP) is -0.880. The smallest absolute Gasteiger partial charge is 0.304 e. The van der Waals surface area contributed by atoms with Gasteiger partial charge in [0.2, 0.25) is 5.60 Å². The first-order valence-corrected chi connectivity index (χ1v) is 5.11. The number of quaternary nitrogens is 1. The maximum atomic E-state index is 11.0. The van der Waals surface area contributed by atoms with Gasteiger partial charge in [-0.25, -0.2) is 0 Å². The van der Waals surface area contributed by atoms with Gasteiger partial charge >= 0.3 is 5.97 Å². The molecule has 0 amide bonds. The van der Waals surface area contributed by atoms with Crippen LogP contribution < -0.4 is 4.90 Å². The molecule has 0 aromatic rings. The Morgan fingerprint density at radius 1 is 1.57 bits per heavy atom. The zero-order chi connectivity index (χ0) is 10.2. The summed E-state index contributed by atoms with van der Waals surface area (Å²) in [6.07, 6.45) is 2.02. The molecule has 4 nitrogen and oxygen atoms in total. The minimum Gasteiger partial charge on any atom is -0.437 e. The Balaban J connectivity index is 2.20. The number of rotatable bonds is 1. The molecular weight excluding hydrogens is 180 g/mol. The van der Waals surface area contributed by atoms with Crippen molar-refractivity contribution in [3.8, 4) is 6.07 Å². The Hall–Kier alpha value is -1.08. The molecule has 1 unspecified atom stereocenters. The molecule has 3 heterocycles. The number of esters is 1. The highest BCUT2D eigenvalue weighted by atomic mass is 16.6. The second-order valence-electron chi connectivity index (χ2n) is 4.30. The fourth-order valence-corrected chi connectivity index (χ4v) is 2.71. The van der Waals surface area contributed by atoms with Crippen LogP contribution in [-0.2, 0) is 9.53 Å². The van der Waals surface area contributed by atoms with Crippen molar-refractivity contribution in [2.24, 2.45) is 5.92 Å². The number of carbonyl (C=O) groups is 1. The standard InChI is InChI=1S/C10H14N2O2/c1-8(13)14-10(6-11)7-12-4-2-9(10)3-5-12/h9H,2-5,7H2,1H3/p+1. The molecule has 3 rings (SSSR count). The predicted molar refractivity (Wildman–Crippen MR) is 48.4 cm³/mol. The number of nitrogens with one attached hydrogen (secondary N) is 1. The molecule has 3 aliphatic heterocycles. The third-order valence-electron chi connectivity index (χ3n) is 3.38. The molecule has 1 N–H and O–H groups in total. The first-order valence-electron chi connectivity index (χ1n) is 5.11. The van der Waals surface area contributed by atoms with Gasteiger partial charge in [0.05, 0.1) is 13.1 Å². The van der Waals surface area contributed by atoms with E-state index in [0.29, 0.717) is 6.54 Å². The summed E-state index contributed by atoms with van der Waals surface area (Å²) in [5, 5.41) is 9.17. The van der Waals surface area contributed by atoms with Gasteiger partial charge in [0, 0.05) is 25.7 Å². The van der Waals surface area contributed by atoms with Crippen LogP contribution >= 0.6 is 0 Å². The first-order chi connectivity index (χ1) is 6.66. The average Bonchev–Trinajstić information content (AvgIpc) is 2.18. The second kappa shape index (κ2) is 3.25. The summed E-state index contributed by atoms with van der Waals surface area (Å²) in [4.78, 5) is 12.4. The van der Waals surface area contributed by atoms with Crippen LogP contribution in [0, 0.1) is 17.2 Å². The van der Waals surface area contributed by atoms with Crippen LogP contribution in [-0.4, -0.2) is 31.2 Å². The van der Waals surface area contributed by atoms with Crippen molar-refractivity contribution in [1.29, 1.82) is 5.26 Å². The number of piperidine rings is 3. The molecule has 14 heavy (non-hydrogen) atoms. The normalized spacial score (nSPS) is 40.3. The lowest BCUT2D eigenvalue weighted by atomic mass is 9.76. The summed E-state index contributed by atoms with van der Waals surface area (Å²) < 4.78 is 5.24. The molecule has 0 radical (unpaired) electrons. The van der Waals surface area contributed by atoms with Crippen LogP contribution in [0.15, 0.2) is 0 Å². The van der Waals surface area contributed by atoms with Crippen molar-refractivity contribution in [2.45, 2.75) is 25.4 Å². The first kappa shape index (κ1) is 9.47. The van der Waals surface area contributed by atoms with Crippen LogP contribution in [0.25, 0.3) is 0 Å². The van der Waals surface area contributed by atoms with Gasteiger partial charge in [-0.2, -0.15) is 5.26 Å². The summed E-state index contributed by atoms with van der Waals surface area (Å²) >= 11 is 0. The zero-order valence-corrected chi connectivity index (χ0v) is 8.38. The minimum absolute atomic E-state index is 0.258. The van der Waals surface area contributed by atoms with Crippen molar-refractivity contribution >= 4 is 5.97 Å². The molecular formula is C10H15N2O2+. The van der Waals surface area contributed by atoms with Crippen molar-refractivity contribution < 1.29 is 14.4 Å². The highest BCUT2D eigenvalue weighted by Crippen LogP contribution is 2.31. The van der Waals surface area contributed by atoms with E-state index in [9.17, 15) is 10.1 Å². The summed E-state index contributed by atoms with van der Waals surface area (Å²) in [5.74, 6) is -0.0754. The Morgan fingerprint density at radius 3 is 2.57 bits per heavy atom. The Bertz CT molecular complexity index is 289. The number of hydrogen-bond acceptors (Lipinski definition) is 3. The number of carbonyl (C=O) groups excluding carboxylic acids is 1. The van der Waals surface area contributed by atoms with E-state index in [2.05, 4.69) is 6.07 Å². The van der Waals surface area contributed by atoms with Crippen molar-refractivity contribution in [2.75, 3.05) is 19.6 Å². The molecule has 0 saturated carbocycles. The molecule has 76 valence electrons. The maximum absolute atomic E-state index is 11.0. The number of nitriles is 1. The highest BCUT2D eigenvalue weighted by Gasteiger charge is 2.52. The van der Waals surface area contributed by atoms with Crippen LogP contribution in [0.1, 0.15) is 19.8 Å². The minimum atomic E-state index is -0.822.